The summed E-state index contributed by atoms with van der Waals surface area (Å²) >= 11 is 6.23. The number of ether oxygens (including phenoxy) is 1. The number of pyridine rings is 1. The van der Waals surface area contributed by atoms with Gasteiger partial charge in [-0.05, 0) is 49.1 Å². The number of aromatic nitrogens is 1. The second-order valence-electron chi connectivity index (χ2n) is 7.17. The molecule has 8 nitrogen and oxygen atoms in total. The quantitative estimate of drug-likeness (QED) is 0.223. The van der Waals surface area contributed by atoms with E-state index >= 15 is 0 Å². The lowest BCUT2D eigenvalue weighted by Crippen LogP contribution is -2.41. The van der Waals surface area contributed by atoms with Crippen molar-refractivity contribution in [3.05, 3.63) is 54.4 Å². The van der Waals surface area contributed by atoms with Crippen LogP contribution in [0.4, 0.5) is 5.69 Å². The lowest BCUT2D eigenvalue weighted by molar-refractivity contribution is 0.0746. The lowest BCUT2D eigenvalue weighted by atomic mass is 9.97. The maximum absolute atomic E-state index is 13.1. The molecule has 0 radical (unpaired) electrons. The van der Waals surface area contributed by atoms with Gasteiger partial charge < -0.3 is 10.1 Å². The zero-order valence-corrected chi connectivity index (χ0v) is 18.6. The average Bonchev–Trinajstić information content (AvgIpc) is 2.78. The maximum atomic E-state index is 13.1. The highest BCUT2D eigenvalue weighted by atomic mass is 35.5. The van der Waals surface area contributed by atoms with Crippen molar-refractivity contribution in [1.29, 1.82) is 5.26 Å². The summed E-state index contributed by atoms with van der Waals surface area (Å²) in [7, 11) is -2.04. The van der Waals surface area contributed by atoms with Gasteiger partial charge in [0.15, 0.2) is 16.0 Å². The van der Waals surface area contributed by atoms with E-state index in [-0.39, 0.29) is 28.9 Å². The fourth-order valence-corrected chi connectivity index (χ4v) is 5.93. The summed E-state index contributed by atoms with van der Waals surface area (Å²) in [6.45, 7) is 0.260. The number of hydrogen-bond donors (Lipinski definition) is 2. The fraction of sp³-hybridized carbons (Fsp3) is 0.381. The first-order valence-electron chi connectivity index (χ1n) is 9.80. The summed E-state index contributed by atoms with van der Waals surface area (Å²) in [6, 6.07) is 10.1. The Hall–Kier alpha value is -2.67. The molecule has 10 heteroatoms. The topological polar surface area (TPSA) is 116 Å². The third kappa shape index (κ3) is 5.94. The summed E-state index contributed by atoms with van der Waals surface area (Å²) in [6.07, 6.45) is 6.48. The molecule has 1 heterocycles. The molecule has 1 aliphatic carbocycles. The molecule has 1 fully saturated rings. The average molecular weight is 462 g/mol. The van der Waals surface area contributed by atoms with Crippen molar-refractivity contribution in [2.24, 2.45) is 4.99 Å². The van der Waals surface area contributed by atoms with E-state index in [1.807, 2.05) is 6.19 Å². The van der Waals surface area contributed by atoms with Crippen molar-refractivity contribution >= 4 is 33.1 Å². The molecule has 1 aliphatic rings. The molecule has 2 N–H and O–H groups in total. The maximum Gasteiger partial charge on any atom is 0.209 e. The molecule has 2 aromatic rings. The minimum absolute atomic E-state index is 0.168. The minimum atomic E-state index is -3.57. The smallest absolute Gasteiger partial charge is 0.209 e. The Balaban J connectivity index is 1.72. The molecule has 0 bridgehead atoms. The molecule has 164 valence electrons. The van der Waals surface area contributed by atoms with Gasteiger partial charge in [0.05, 0.1) is 22.8 Å². The molecule has 0 amide bonds. The Bertz CT molecular complexity index is 1040. The van der Waals surface area contributed by atoms with Gasteiger partial charge in [-0.1, -0.05) is 12.1 Å². The molecule has 3 rings (SSSR count). The van der Waals surface area contributed by atoms with Crippen molar-refractivity contribution in [2.45, 2.75) is 47.4 Å². The van der Waals surface area contributed by atoms with Crippen molar-refractivity contribution in [2.75, 3.05) is 12.4 Å². The van der Waals surface area contributed by atoms with E-state index in [1.165, 1.54) is 7.11 Å². The Labute approximate surface area is 187 Å². The number of methoxy groups -OCH3 is 1. The van der Waals surface area contributed by atoms with Gasteiger partial charge >= 0.3 is 0 Å². The number of nitriles is 1. The Morgan fingerprint density at radius 1 is 1.26 bits per heavy atom. The zero-order valence-electron chi connectivity index (χ0n) is 17.0. The third-order valence-corrected chi connectivity index (χ3v) is 7.78. The van der Waals surface area contributed by atoms with E-state index < -0.39 is 15.1 Å². The minimum Gasteiger partial charge on any atom is -0.380 e. The molecule has 31 heavy (non-hydrogen) atoms. The fourth-order valence-electron chi connectivity index (χ4n) is 3.51. The predicted octanol–water partition coefficient (Wildman–Crippen LogP) is 3.07. The van der Waals surface area contributed by atoms with Gasteiger partial charge in [-0.3, -0.25) is 10.3 Å². The van der Waals surface area contributed by atoms with Crippen LogP contribution in [-0.2, 0) is 21.1 Å². The number of hydrogen-bond acceptors (Lipinski definition) is 6. The van der Waals surface area contributed by atoms with Crippen LogP contribution in [0.3, 0.4) is 0 Å². The molecule has 0 aliphatic heterocycles. The highest BCUT2D eigenvalue weighted by molar-refractivity contribution is 7.92. The number of rotatable bonds is 6. The van der Waals surface area contributed by atoms with Gasteiger partial charge in [-0.25, -0.2) is 13.4 Å². The van der Waals surface area contributed by atoms with Crippen molar-refractivity contribution < 1.29 is 13.2 Å². The molecule has 0 saturated heterocycles. The van der Waals surface area contributed by atoms with Gasteiger partial charge in [0.25, 0.3) is 0 Å². The van der Waals surface area contributed by atoms with Crippen LogP contribution in [0.5, 0.6) is 0 Å². The first-order valence-corrected chi connectivity index (χ1v) is 11.8. The number of guanidine groups is 1. The Kier molecular flexibility index (Phi) is 7.85. The summed E-state index contributed by atoms with van der Waals surface area (Å²) in [5.41, 5.74) is 1.53. The Morgan fingerprint density at radius 3 is 2.61 bits per heavy atom. The molecule has 3 unspecified atom stereocenters. The van der Waals surface area contributed by atoms with Gasteiger partial charge in [0.1, 0.15) is 0 Å². The first-order chi connectivity index (χ1) is 14.9. The number of nitrogens with one attached hydrogen (secondary N) is 2. The molecule has 1 aromatic carbocycles. The van der Waals surface area contributed by atoms with Crippen molar-refractivity contribution in [1.82, 2.24) is 10.3 Å². The van der Waals surface area contributed by atoms with Crippen LogP contribution in [0.1, 0.15) is 24.8 Å². The zero-order chi connectivity index (χ0) is 22.3. The monoisotopic (exact) mass is 461 g/mol. The van der Waals surface area contributed by atoms with Crippen LogP contribution in [-0.4, -0.2) is 43.2 Å². The highest BCUT2D eigenvalue weighted by Gasteiger charge is 2.39. The predicted molar refractivity (Wildman–Crippen MR) is 119 cm³/mol. The number of nitrogens with zero attached hydrogens (tertiary/aromatic N) is 3. The normalized spacial score (nSPS) is 21.8. The van der Waals surface area contributed by atoms with E-state index in [1.54, 1.807) is 48.8 Å². The van der Waals surface area contributed by atoms with Gasteiger partial charge in [-0.15, -0.1) is 11.6 Å². The van der Waals surface area contributed by atoms with E-state index in [4.69, 9.17) is 21.6 Å². The number of benzene rings is 1. The van der Waals surface area contributed by atoms with Gasteiger partial charge in [0, 0.05) is 30.6 Å². The highest BCUT2D eigenvalue weighted by Crippen LogP contribution is 2.33. The van der Waals surface area contributed by atoms with E-state index in [2.05, 4.69) is 20.6 Å². The van der Waals surface area contributed by atoms with Crippen molar-refractivity contribution in [3.8, 4) is 6.19 Å². The van der Waals surface area contributed by atoms with Crippen molar-refractivity contribution in [3.63, 3.8) is 0 Å². The number of anilines is 1. The molecular weight excluding hydrogens is 438 g/mol. The van der Waals surface area contributed by atoms with Crippen LogP contribution in [0, 0.1) is 11.5 Å². The van der Waals surface area contributed by atoms with Crippen LogP contribution in [0.15, 0.2) is 58.7 Å². The van der Waals surface area contributed by atoms with E-state index in [0.717, 1.165) is 17.7 Å². The molecule has 1 saturated carbocycles. The van der Waals surface area contributed by atoms with Crippen LogP contribution in [0.25, 0.3) is 0 Å². The third-order valence-electron chi connectivity index (χ3n) is 5.16. The largest absolute Gasteiger partial charge is 0.380 e. The van der Waals surface area contributed by atoms with Crippen LogP contribution < -0.4 is 10.6 Å². The van der Waals surface area contributed by atoms with E-state index in [9.17, 15) is 8.42 Å². The SMILES string of the molecule is COC1CCC(Cl)CC1S(=O)(=O)c1ccc(CN=C(NC#N)Nc2ccncc2)cc1. The molecule has 0 spiro atoms. The summed E-state index contributed by atoms with van der Waals surface area (Å²) in [4.78, 5) is 8.54. The summed E-state index contributed by atoms with van der Waals surface area (Å²) in [5.74, 6) is 0.281. The number of alkyl halides is 1. The summed E-state index contributed by atoms with van der Waals surface area (Å²) in [5, 5.41) is 13.6. The second-order valence-corrected chi connectivity index (χ2v) is 9.96. The van der Waals surface area contributed by atoms with Crippen LogP contribution in [0.2, 0.25) is 0 Å². The molecule has 1 aromatic heterocycles. The number of sulfone groups is 1. The van der Waals surface area contributed by atoms with E-state index in [0.29, 0.717) is 12.8 Å². The molecule has 3 atom stereocenters. The number of halogens is 1. The van der Waals surface area contributed by atoms with Gasteiger partial charge in [0.2, 0.25) is 5.96 Å². The lowest BCUT2D eigenvalue weighted by Gasteiger charge is -2.32. The van der Waals surface area contributed by atoms with Gasteiger partial charge in [-0.2, -0.15) is 5.26 Å². The molecular formula is C21H24ClN5O3S. The van der Waals surface area contributed by atoms with Crippen LogP contribution >= 0.6 is 11.6 Å². The standard InChI is InChI=1S/C21H24ClN5O3S/c1-30-19-7-4-16(22)12-20(19)31(28,29)18-5-2-15(3-6-18)13-25-21(26-14-23)27-17-8-10-24-11-9-17/h2-3,5-6,8-11,16,19-20H,4,7,12-13H2,1H3,(H2,24,25,26,27). The summed E-state index contributed by atoms with van der Waals surface area (Å²) < 4.78 is 31.7. The second kappa shape index (κ2) is 10.6. The number of aliphatic imine (C=N–C) groups is 1. The Morgan fingerprint density at radius 2 is 1.97 bits per heavy atom. The first kappa shape index (κ1) is 23.0.